The molecule has 102 valence electrons. The molecule has 1 heterocycles. The highest BCUT2D eigenvalue weighted by Crippen LogP contribution is 2.08. The second-order valence-corrected chi connectivity index (χ2v) is 4.88. The first-order valence-corrected chi connectivity index (χ1v) is 6.74. The lowest BCUT2D eigenvalue weighted by atomic mass is 10.2. The zero-order chi connectivity index (χ0) is 13.5. The van der Waals surface area contributed by atoms with E-state index in [9.17, 15) is 0 Å². The summed E-state index contributed by atoms with van der Waals surface area (Å²) in [6, 6.07) is 10.7. The Morgan fingerprint density at radius 3 is 2.37 bits per heavy atom. The van der Waals surface area contributed by atoms with Crippen molar-refractivity contribution in [3.05, 3.63) is 35.9 Å². The zero-order valence-corrected chi connectivity index (χ0v) is 11.6. The fraction of sp³-hybridized carbons (Fsp3) is 0.467. The summed E-state index contributed by atoms with van der Waals surface area (Å²) in [5.74, 6) is 0.770. The van der Waals surface area contributed by atoms with Gasteiger partial charge in [0.1, 0.15) is 5.84 Å². The van der Waals surface area contributed by atoms with Crippen LogP contribution in [0, 0.1) is 0 Å². The quantitative estimate of drug-likeness (QED) is 0.610. The molecule has 1 aliphatic heterocycles. The van der Waals surface area contributed by atoms with Gasteiger partial charge in [0.25, 0.3) is 0 Å². The molecule has 4 nitrogen and oxygen atoms in total. The van der Waals surface area contributed by atoms with E-state index in [4.69, 9.17) is 0 Å². The molecule has 1 saturated heterocycles. The number of amidine groups is 1. The highest BCUT2D eigenvalue weighted by Gasteiger charge is 2.16. The molecule has 1 fully saturated rings. The Balaban J connectivity index is 1.75. The van der Waals surface area contributed by atoms with Gasteiger partial charge in [0.2, 0.25) is 0 Å². The van der Waals surface area contributed by atoms with Gasteiger partial charge in [-0.15, -0.1) is 0 Å². The fourth-order valence-electron chi connectivity index (χ4n) is 2.18. The minimum atomic E-state index is 0.740. The molecule has 0 radical (unpaired) electrons. The fourth-order valence-corrected chi connectivity index (χ4v) is 2.18. The molecule has 0 spiro atoms. The van der Waals surface area contributed by atoms with Crippen LogP contribution in [0.3, 0.4) is 0 Å². The molecule has 0 unspecified atom stereocenters. The average Bonchev–Trinajstić information content (AvgIpc) is 2.47. The molecular formula is C15H22N4. The van der Waals surface area contributed by atoms with E-state index in [0.29, 0.717) is 0 Å². The van der Waals surface area contributed by atoms with Crippen LogP contribution < -0.4 is 0 Å². The maximum atomic E-state index is 4.37. The zero-order valence-electron chi connectivity index (χ0n) is 11.6. The molecule has 1 aromatic rings. The van der Waals surface area contributed by atoms with Gasteiger partial charge >= 0.3 is 0 Å². The number of benzene rings is 1. The minimum absolute atomic E-state index is 0.740. The molecule has 0 amide bonds. The molecular weight excluding hydrogens is 236 g/mol. The van der Waals surface area contributed by atoms with E-state index in [1.807, 2.05) is 6.92 Å². The monoisotopic (exact) mass is 258 g/mol. The van der Waals surface area contributed by atoms with Gasteiger partial charge in [-0.1, -0.05) is 30.3 Å². The van der Waals surface area contributed by atoms with Gasteiger partial charge in [0.05, 0.1) is 6.67 Å². The summed E-state index contributed by atoms with van der Waals surface area (Å²) < 4.78 is 0. The summed E-state index contributed by atoms with van der Waals surface area (Å²) in [5, 5.41) is 0. The van der Waals surface area contributed by atoms with E-state index < -0.39 is 0 Å². The van der Waals surface area contributed by atoms with Crippen LogP contribution in [0.15, 0.2) is 40.3 Å². The maximum Gasteiger partial charge on any atom is 0.120 e. The molecule has 0 N–H and O–H groups in total. The van der Waals surface area contributed by atoms with Crippen molar-refractivity contribution in [1.82, 2.24) is 9.80 Å². The summed E-state index contributed by atoms with van der Waals surface area (Å²) >= 11 is 0. The lowest BCUT2D eigenvalue weighted by Gasteiger charge is -2.33. The summed E-state index contributed by atoms with van der Waals surface area (Å²) in [6.07, 6.45) is 0. The largest absolute Gasteiger partial charge is 0.297 e. The van der Waals surface area contributed by atoms with Gasteiger partial charge in [-0.05, 0) is 19.2 Å². The smallest absolute Gasteiger partial charge is 0.120 e. The Morgan fingerprint density at radius 2 is 1.74 bits per heavy atom. The van der Waals surface area contributed by atoms with Crippen LogP contribution in [0.5, 0.6) is 0 Å². The lowest BCUT2D eigenvalue weighted by molar-refractivity contribution is 0.130. The second-order valence-electron chi connectivity index (χ2n) is 4.88. The Labute approximate surface area is 115 Å². The van der Waals surface area contributed by atoms with Crippen molar-refractivity contribution in [3.8, 4) is 0 Å². The van der Waals surface area contributed by atoms with Crippen molar-refractivity contribution in [2.45, 2.75) is 13.5 Å². The second kappa shape index (κ2) is 7.16. The van der Waals surface area contributed by atoms with Gasteiger partial charge in [-0.2, -0.15) is 0 Å². The predicted molar refractivity (Wildman–Crippen MR) is 80.8 cm³/mol. The third-order valence-corrected chi connectivity index (χ3v) is 3.44. The first kappa shape index (κ1) is 13.9. The van der Waals surface area contributed by atoms with Crippen LogP contribution in [0.25, 0.3) is 0 Å². The van der Waals surface area contributed by atoms with Crippen molar-refractivity contribution in [1.29, 1.82) is 0 Å². The topological polar surface area (TPSA) is 31.2 Å². The summed E-state index contributed by atoms with van der Waals surface area (Å²) in [7, 11) is 0. The van der Waals surface area contributed by atoms with Crippen molar-refractivity contribution in [2.75, 3.05) is 32.8 Å². The molecule has 4 heteroatoms. The molecule has 0 atom stereocenters. The number of aliphatic imine (C=N–C) groups is 2. The van der Waals surface area contributed by atoms with Gasteiger partial charge < -0.3 is 0 Å². The van der Waals surface area contributed by atoms with Crippen LogP contribution in [-0.4, -0.2) is 55.2 Å². The summed E-state index contributed by atoms with van der Waals surface area (Å²) in [4.78, 5) is 13.0. The number of hydrogen-bond acceptors (Lipinski definition) is 3. The third-order valence-electron chi connectivity index (χ3n) is 3.44. The molecule has 2 rings (SSSR count). The molecule has 1 aliphatic rings. The number of piperazine rings is 1. The Kier molecular flexibility index (Phi) is 5.24. The minimum Gasteiger partial charge on any atom is -0.297 e. The highest BCUT2D eigenvalue weighted by molar-refractivity contribution is 5.83. The maximum absolute atomic E-state index is 4.37. The van der Waals surface area contributed by atoms with Crippen molar-refractivity contribution in [2.24, 2.45) is 9.98 Å². The van der Waals surface area contributed by atoms with Crippen LogP contribution in [-0.2, 0) is 6.54 Å². The summed E-state index contributed by atoms with van der Waals surface area (Å²) in [6.45, 7) is 11.5. The van der Waals surface area contributed by atoms with Gasteiger partial charge in [0.15, 0.2) is 0 Å². The Morgan fingerprint density at radius 1 is 1.11 bits per heavy atom. The third kappa shape index (κ3) is 4.58. The first-order valence-electron chi connectivity index (χ1n) is 6.74. The van der Waals surface area contributed by atoms with Gasteiger partial charge in [-0.25, -0.2) is 4.99 Å². The summed E-state index contributed by atoms with van der Waals surface area (Å²) in [5.41, 5.74) is 1.39. The molecule has 0 bridgehead atoms. The molecule has 0 aromatic heterocycles. The van der Waals surface area contributed by atoms with E-state index in [2.05, 4.69) is 56.8 Å². The molecule has 0 aliphatic carbocycles. The van der Waals surface area contributed by atoms with Crippen molar-refractivity contribution in [3.63, 3.8) is 0 Å². The molecule has 0 saturated carbocycles. The van der Waals surface area contributed by atoms with E-state index in [-0.39, 0.29) is 0 Å². The highest BCUT2D eigenvalue weighted by atomic mass is 15.3. The lowest BCUT2D eigenvalue weighted by Crippen LogP contribution is -2.45. The average molecular weight is 258 g/mol. The van der Waals surface area contributed by atoms with E-state index >= 15 is 0 Å². The van der Waals surface area contributed by atoms with Crippen molar-refractivity contribution < 1.29 is 0 Å². The van der Waals surface area contributed by atoms with Gasteiger partial charge in [0, 0.05) is 32.7 Å². The Bertz CT molecular complexity index is 419. The van der Waals surface area contributed by atoms with Crippen LogP contribution >= 0.6 is 0 Å². The van der Waals surface area contributed by atoms with E-state index in [1.165, 1.54) is 5.56 Å². The Hall–Kier alpha value is -1.52. The number of rotatable bonds is 4. The van der Waals surface area contributed by atoms with Crippen molar-refractivity contribution >= 4 is 12.6 Å². The van der Waals surface area contributed by atoms with Crippen LogP contribution in [0.1, 0.15) is 12.5 Å². The van der Waals surface area contributed by atoms with E-state index in [1.54, 1.807) is 0 Å². The normalized spacial score (nSPS) is 18.5. The molecule has 19 heavy (non-hydrogen) atoms. The van der Waals surface area contributed by atoms with Crippen LogP contribution in [0.4, 0.5) is 0 Å². The van der Waals surface area contributed by atoms with Crippen LogP contribution in [0.2, 0.25) is 0 Å². The molecule has 1 aromatic carbocycles. The first-order chi connectivity index (χ1) is 9.28. The standard InChI is InChI=1S/C15H22N4/c1-14(16-2)17-13-19-10-8-18(9-11-19)12-15-6-4-3-5-7-15/h3-7H,2,8-13H2,1H3/b17-14-. The van der Waals surface area contributed by atoms with E-state index in [0.717, 1.165) is 45.2 Å². The van der Waals surface area contributed by atoms with Gasteiger partial charge in [-0.3, -0.25) is 14.8 Å². The SMILES string of the molecule is C=N/C(C)=N\CN1CCN(Cc2ccccc2)CC1. The predicted octanol–water partition coefficient (Wildman–Crippen LogP) is 1.88. The number of nitrogens with zero attached hydrogens (tertiary/aromatic N) is 4. The number of hydrogen-bond donors (Lipinski definition) is 0.